The maximum absolute atomic E-state index is 11.0. The number of esters is 1. The van der Waals surface area contributed by atoms with Crippen LogP contribution in [0.2, 0.25) is 0 Å². The van der Waals surface area contributed by atoms with Gasteiger partial charge in [-0.05, 0) is 26.0 Å². The molecule has 1 saturated heterocycles. The summed E-state index contributed by atoms with van der Waals surface area (Å²) in [7, 11) is -3.62. The summed E-state index contributed by atoms with van der Waals surface area (Å²) in [4.78, 5) is 10.0. The second-order valence-corrected chi connectivity index (χ2v) is 5.84. The Labute approximate surface area is 140 Å². The first-order valence-electron chi connectivity index (χ1n) is 5.19. The molecule has 0 bridgehead atoms. The average molecular weight is 314 g/mol. The number of halogens is 1. The first-order valence-corrected chi connectivity index (χ1v) is 6.97. The molecule has 0 amide bonds. The molecule has 1 heterocycles. The van der Waals surface area contributed by atoms with E-state index >= 15 is 0 Å². The Morgan fingerprint density at radius 3 is 2.05 bits per heavy atom. The van der Waals surface area contributed by atoms with E-state index in [2.05, 4.69) is 8.98 Å². The van der Waals surface area contributed by atoms with Gasteiger partial charge in [-0.1, -0.05) is 17.7 Å². The zero-order chi connectivity index (χ0) is 13.8. The third-order valence-electron chi connectivity index (χ3n) is 2.20. The van der Waals surface area contributed by atoms with Crippen molar-refractivity contribution < 1.29 is 47.5 Å². The van der Waals surface area contributed by atoms with Gasteiger partial charge in [0.05, 0.1) is 6.42 Å². The summed E-state index contributed by atoms with van der Waals surface area (Å²) < 4.78 is 29.3. The third-order valence-corrected chi connectivity index (χ3v) is 3.79. The normalized spacial score (nSPS) is 17.2. The van der Waals surface area contributed by atoms with Crippen molar-refractivity contribution in [3.05, 3.63) is 34.1 Å². The Hall–Kier alpha value is -0.110. The second kappa shape index (κ2) is 8.24. The van der Waals surface area contributed by atoms with E-state index in [0.29, 0.717) is 6.42 Å². The predicted molar refractivity (Wildman–Crippen MR) is 67.7 cm³/mol. The Bertz CT molecular complexity index is 510. The van der Waals surface area contributed by atoms with E-state index in [1.54, 1.807) is 12.1 Å². The number of hydrogen-bond donors (Lipinski definition) is 0. The van der Waals surface area contributed by atoms with Gasteiger partial charge in [0.25, 0.3) is 0 Å². The van der Waals surface area contributed by atoms with Crippen LogP contribution in [-0.2, 0) is 19.6 Å². The minimum atomic E-state index is -3.62. The Morgan fingerprint density at radius 2 is 1.79 bits per heavy atom. The summed E-state index contributed by atoms with van der Waals surface area (Å²) in [6.07, 6.45) is 0.803. The van der Waals surface area contributed by atoms with Gasteiger partial charge in [0.1, 0.15) is 16.1 Å². The van der Waals surface area contributed by atoms with Gasteiger partial charge in [-0.2, -0.15) is 0 Å². The minimum absolute atomic E-state index is 0. The summed E-state index contributed by atoms with van der Waals surface area (Å²) in [5, 5.41) is 0. The quantitative estimate of drug-likeness (QED) is 0.547. The van der Waals surface area contributed by atoms with Gasteiger partial charge in [0.2, 0.25) is 0 Å². The van der Waals surface area contributed by atoms with Gasteiger partial charge in [-0.3, -0.25) is 16.6 Å². The number of cyclic esters (lactones) is 1. The molecule has 0 aromatic heterocycles. The number of hydrogen-bond acceptors (Lipinski definition) is 4. The van der Waals surface area contributed by atoms with E-state index in [9.17, 15) is 13.2 Å². The molecule has 0 radical (unpaired) electrons. The van der Waals surface area contributed by atoms with Crippen molar-refractivity contribution in [2.75, 3.05) is 0 Å². The van der Waals surface area contributed by atoms with Gasteiger partial charge in [0.15, 0.2) is 0 Å². The largest absolute Gasteiger partial charge is 1.00 e. The minimum Gasteiger partial charge on any atom is -0.462 e. The molecule has 1 atom stereocenters. The SMILES string of the molecule is CC1CC(=O)O1.Cc1ccc(S(=O)(=O)[N-]Cl)cc1.[Na+]. The van der Waals surface area contributed by atoms with Crippen molar-refractivity contribution >= 4 is 27.8 Å². The molecule has 1 fully saturated rings. The fourth-order valence-electron chi connectivity index (χ4n) is 1.20. The molecule has 19 heavy (non-hydrogen) atoms. The molecule has 1 aliphatic rings. The molecule has 1 unspecified atom stereocenters. The molecule has 0 saturated carbocycles. The molecular formula is C11H13ClNNaO4S. The molecule has 0 spiro atoms. The molecular weight excluding hydrogens is 301 g/mol. The fourth-order valence-corrected chi connectivity index (χ4v) is 2.00. The van der Waals surface area contributed by atoms with E-state index in [4.69, 9.17) is 11.8 Å². The summed E-state index contributed by atoms with van der Waals surface area (Å²) in [5.41, 5.74) is 0.989. The molecule has 5 nitrogen and oxygen atoms in total. The predicted octanol–water partition coefficient (Wildman–Crippen LogP) is -0.463. The van der Waals surface area contributed by atoms with Crippen molar-refractivity contribution in [3.8, 4) is 0 Å². The topological polar surface area (TPSA) is 74.5 Å². The van der Waals surface area contributed by atoms with E-state index in [0.717, 1.165) is 5.56 Å². The number of aryl methyl sites for hydroxylation is 1. The van der Waals surface area contributed by atoms with Crippen LogP contribution < -0.4 is 29.6 Å². The fraction of sp³-hybridized carbons (Fsp3) is 0.364. The van der Waals surface area contributed by atoms with Crippen LogP contribution in [0.5, 0.6) is 0 Å². The zero-order valence-corrected chi connectivity index (χ0v) is 14.5. The first kappa shape index (κ1) is 18.9. The van der Waals surface area contributed by atoms with Gasteiger partial charge < -0.3 is 8.98 Å². The average Bonchev–Trinajstić information content (AvgIpc) is 2.29. The van der Waals surface area contributed by atoms with E-state index < -0.39 is 10.0 Å². The second-order valence-electron chi connectivity index (χ2n) is 3.86. The van der Waals surface area contributed by atoms with Crippen LogP contribution in [0.25, 0.3) is 4.24 Å². The number of carbonyl (C=O) groups excluding carboxylic acids is 1. The van der Waals surface area contributed by atoms with E-state index in [1.165, 1.54) is 12.1 Å². The number of rotatable bonds is 2. The molecule has 1 aromatic carbocycles. The van der Waals surface area contributed by atoms with Crippen LogP contribution >= 0.6 is 11.8 Å². The van der Waals surface area contributed by atoms with Gasteiger partial charge in [-0.15, -0.1) is 0 Å². The van der Waals surface area contributed by atoms with E-state index in [-0.39, 0.29) is 46.5 Å². The van der Waals surface area contributed by atoms with Gasteiger partial charge in [-0.25, -0.2) is 8.42 Å². The van der Waals surface area contributed by atoms with Crippen molar-refractivity contribution in [1.82, 2.24) is 0 Å². The zero-order valence-electron chi connectivity index (χ0n) is 11.0. The summed E-state index contributed by atoms with van der Waals surface area (Å²) >= 11 is 4.90. The van der Waals surface area contributed by atoms with Crippen molar-refractivity contribution in [1.29, 1.82) is 0 Å². The molecule has 100 valence electrons. The number of carbonyl (C=O) groups is 1. The van der Waals surface area contributed by atoms with Crippen molar-refractivity contribution in [2.24, 2.45) is 0 Å². The Kier molecular flexibility index (Phi) is 8.19. The smallest absolute Gasteiger partial charge is 0.462 e. The van der Waals surface area contributed by atoms with Crippen molar-refractivity contribution in [2.45, 2.75) is 31.3 Å². The molecule has 8 heteroatoms. The molecule has 2 rings (SSSR count). The summed E-state index contributed by atoms with van der Waals surface area (Å²) in [6.45, 7) is 3.75. The van der Waals surface area contributed by atoms with Gasteiger partial charge in [0, 0.05) is 4.90 Å². The van der Waals surface area contributed by atoms with Crippen LogP contribution in [0, 0.1) is 6.92 Å². The number of ether oxygens (including phenoxy) is 1. The first-order chi connectivity index (χ1) is 8.35. The number of nitrogens with zero attached hydrogens (tertiary/aromatic N) is 1. The molecule has 1 aliphatic heterocycles. The van der Waals surface area contributed by atoms with E-state index in [1.807, 2.05) is 13.8 Å². The monoisotopic (exact) mass is 313 g/mol. The maximum atomic E-state index is 11.0. The van der Waals surface area contributed by atoms with Crippen LogP contribution in [0.1, 0.15) is 18.9 Å². The van der Waals surface area contributed by atoms with Crippen LogP contribution in [0.4, 0.5) is 0 Å². The number of benzene rings is 1. The van der Waals surface area contributed by atoms with Gasteiger partial charge >= 0.3 is 35.5 Å². The maximum Gasteiger partial charge on any atom is 1.00 e. The Balaban J connectivity index is 0.000000392. The van der Waals surface area contributed by atoms with Crippen LogP contribution in [0.15, 0.2) is 29.2 Å². The van der Waals surface area contributed by atoms with Crippen molar-refractivity contribution in [3.63, 3.8) is 0 Å². The van der Waals surface area contributed by atoms with Crippen LogP contribution in [0.3, 0.4) is 0 Å². The standard InChI is InChI=1S/C7H7ClNO2S.C4H6O2.Na/c1-6-2-4-7(5-3-6)12(10,11)9-8;1-3-2-4(5)6-3;/h2-5H,1H3;3H,2H2,1H3;/q-1;;+1. The number of sulfonamides is 1. The summed E-state index contributed by atoms with van der Waals surface area (Å²) in [6, 6.07) is 6.32. The molecule has 0 N–H and O–H groups in total. The van der Waals surface area contributed by atoms with Crippen LogP contribution in [-0.4, -0.2) is 20.5 Å². The molecule has 0 aliphatic carbocycles. The Morgan fingerprint density at radius 1 is 1.32 bits per heavy atom. The summed E-state index contributed by atoms with van der Waals surface area (Å²) in [5.74, 6) is -0.0671. The molecule has 1 aromatic rings. The third kappa shape index (κ3) is 6.25.